The third kappa shape index (κ3) is 4.18. The minimum absolute atomic E-state index is 0.0812. The predicted octanol–water partition coefficient (Wildman–Crippen LogP) is 2.55. The molecule has 0 aliphatic carbocycles. The molecule has 130 valence electrons. The average molecular weight is 338 g/mol. The molecule has 1 N–H and O–H groups in total. The first-order valence-corrected chi connectivity index (χ1v) is 8.51. The van der Waals surface area contributed by atoms with Crippen LogP contribution in [0.5, 0.6) is 5.75 Å². The summed E-state index contributed by atoms with van der Waals surface area (Å²) >= 11 is 0. The van der Waals surface area contributed by atoms with E-state index in [4.69, 9.17) is 4.74 Å². The van der Waals surface area contributed by atoms with Crippen molar-refractivity contribution < 1.29 is 14.3 Å². The van der Waals surface area contributed by atoms with Crippen molar-refractivity contribution in [3.8, 4) is 5.75 Å². The number of nitrogens with zero attached hydrogens (tertiary/aromatic N) is 1. The lowest BCUT2D eigenvalue weighted by Gasteiger charge is -2.22. The molecule has 2 aromatic carbocycles. The highest BCUT2D eigenvalue weighted by Gasteiger charge is 2.28. The van der Waals surface area contributed by atoms with Gasteiger partial charge >= 0.3 is 0 Å². The molecular formula is C20H22N2O3. The largest absolute Gasteiger partial charge is 0.493 e. The van der Waals surface area contributed by atoms with Crippen molar-refractivity contribution in [2.75, 3.05) is 18.1 Å². The van der Waals surface area contributed by atoms with Gasteiger partial charge in [-0.25, -0.2) is 0 Å². The Bertz CT molecular complexity index is 746. The molecule has 0 saturated carbocycles. The Balaban J connectivity index is 1.47. The van der Waals surface area contributed by atoms with E-state index < -0.39 is 6.04 Å². The zero-order chi connectivity index (χ0) is 17.6. The van der Waals surface area contributed by atoms with Gasteiger partial charge in [-0.1, -0.05) is 36.4 Å². The number of benzene rings is 2. The minimum atomic E-state index is -0.560. The topological polar surface area (TPSA) is 58.6 Å². The maximum Gasteiger partial charge on any atom is 0.249 e. The molecular weight excluding hydrogens is 316 g/mol. The van der Waals surface area contributed by atoms with Crippen LogP contribution in [0.2, 0.25) is 0 Å². The van der Waals surface area contributed by atoms with Crippen molar-refractivity contribution in [3.63, 3.8) is 0 Å². The van der Waals surface area contributed by atoms with Crippen LogP contribution in [0.25, 0.3) is 0 Å². The lowest BCUT2D eigenvalue weighted by Crippen LogP contribution is -2.46. The summed E-state index contributed by atoms with van der Waals surface area (Å²) in [6, 6.07) is 16.7. The summed E-state index contributed by atoms with van der Waals surface area (Å²) in [7, 11) is 0. The van der Waals surface area contributed by atoms with Crippen LogP contribution in [-0.2, 0) is 16.0 Å². The molecule has 1 aliphatic rings. The van der Waals surface area contributed by atoms with Crippen LogP contribution in [0.4, 0.5) is 5.69 Å². The molecule has 2 aromatic rings. The van der Waals surface area contributed by atoms with E-state index >= 15 is 0 Å². The predicted molar refractivity (Wildman–Crippen MR) is 96.7 cm³/mol. The number of hydrogen-bond acceptors (Lipinski definition) is 3. The van der Waals surface area contributed by atoms with E-state index in [9.17, 15) is 9.59 Å². The van der Waals surface area contributed by atoms with Gasteiger partial charge < -0.3 is 15.0 Å². The fourth-order valence-electron chi connectivity index (χ4n) is 2.95. The summed E-state index contributed by atoms with van der Waals surface area (Å²) in [5.41, 5.74) is 2.12. The van der Waals surface area contributed by atoms with E-state index in [1.165, 1.54) is 5.56 Å². The molecule has 5 heteroatoms. The molecule has 5 nitrogen and oxygen atoms in total. The van der Waals surface area contributed by atoms with E-state index in [2.05, 4.69) is 5.32 Å². The van der Waals surface area contributed by atoms with Gasteiger partial charge in [-0.2, -0.15) is 0 Å². The third-order valence-electron chi connectivity index (χ3n) is 4.24. The highest BCUT2D eigenvalue weighted by molar-refractivity contribution is 6.00. The van der Waals surface area contributed by atoms with Crippen LogP contribution in [0.3, 0.4) is 0 Å². The molecule has 25 heavy (non-hydrogen) atoms. The Morgan fingerprint density at radius 3 is 2.64 bits per heavy atom. The van der Waals surface area contributed by atoms with Crippen LogP contribution in [0.15, 0.2) is 54.6 Å². The van der Waals surface area contributed by atoms with Gasteiger partial charge in [0.05, 0.1) is 13.0 Å². The average Bonchev–Trinajstić information content (AvgIpc) is 3.06. The van der Waals surface area contributed by atoms with E-state index in [-0.39, 0.29) is 24.8 Å². The fourth-order valence-corrected chi connectivity index (χ4v) is 2.95. The lowest BCUT2D eigenvalue weighted by molar-refractivity contribution is -0.127. The van der Waals surface area contributed by atoms with E-state index in [1.54, 1.807) is 11.8 Å². The number of para-hydroxylation sites is 2. The van der Waals surface area contributed by atoms with Gasteiger partial charge in [0.1, 0.15) is 11.8 Å². The van der Waals surface area contributed by atoms with Crippen LogP contribution < -0.4 is 15.0 Å². The summed E-state index contributed by atoms with van der Waals surface area (Å²) in [6.07, 6.45) is 1.07. The second kappa shape index (κ2) is 7.83. The van der Waals surface area contributed by atoms with Crippen molar-refractivity contribution in [2.24, 2.45) is 0 Å². The van der Waals surface area contributed by atoms with Gasteiger partial charge in [0.15, 0.2) is 0 Å². The Morgan fingerprint density at radius 1 is 1.12 bits per heavy atom. The number of carbonyl (C=O) groups excluding carboxylic acids is 2. The summed E-state index contributed by atoms with van der Waals surface area (Å²) < 4.78 is 5.51. The second-order valence-corrected chi connectivity index (χ2v) is 6.07. The standard InChI is InChI=1S/C20H22N2O3/c1-15(20(24)22-13-11-16-7-5-6-10-18(16)22)21-19(23)12-14-25-17-8-3-2-4-9-17/h2-10,15H,11-14H2,1H3,(H,21,23)/t15-/m1/s1. The molecule has 1 aliphatic heterocycles. The lowest BCUT2D eigenvalue weighted by atomic mass is 10.2. The third-order valence-corrected chi connectivity index (χ3v) is 4.24. The number of rotatable bonds is 6. The van der Waals surface area contributed by atoms with Crippen molar-refractivity contribution in [1.82, 2.24) is 5.32 Å². The van der Waals surface area contributed by atoms with Crippen LogP contribution in [-0.4, -0.2) is 31.0 Å². The van der Waals surface area contributed by atoms with Gasteiger partial charge in [-0.05, 0) is 37.1 Å². The SMILES string of the molecule is C[C@@H](NC(=O)CCOc1ccccc1)C(=O)N1CCc2ccccc21. The maximum absolute atomic E-state index is 12.6. The summed E-state index contributed by atoms with van der Waals surface area (Å²) in [5.74, 6) is 0.458. The van der Waals surface area contributed by atoms with E-state index in [1.807, 2.05) is 54.6 Å². The first-order valence-electron chi connectivity index (χ1n) is 8.51. The Morgan fingerprint density at radius 2 is 1.84 bits per heavy atom. The van der Waals surface area contributed by atoms with Gasteiger partial charge in [0.2, 0.25) is 11.8 Å². The van der Waals surface area contributed by atoms with Gasteiger partial charge in [0.25, 0.3) is 0 Å². The van der Waals surface area contributed by atoms with Crippen molar-refractivity contribution >= 4 is 17.5 Å². The number of amides is 2. The molecule has 1 atom stereocenters. The molecule has 0 saturated heterocycles. The quantitative estimate of drug-likeness (QED) is 0.881. The summed E-state index contributed by atoms with van der Waals surface area (Å²) in [6.45, 7) is 2.66. The summed E-state index contributed by atoms with van der Waals surface area (Å²) in [4.78, 5) is 26.4. The first kappa shape index (κ1) is 17.0. The van der Waals surface area contributed by atoms with Crippen molar-refractivity contribution in [1.29, 1.82) is 0 Å². The highest BCUT2D eigenvalue weighted by atomic mass is 16.5. The van der Waals surface area contributed by atoms with Gasteiger partial charge in [-0.15, -0.1) is 0 Å². The molecule has 0 spiro atoms. The smallest absolute Gasteiger partial charge is 0.249 e. The highest BCUT2D eigenvalue weighted by Crippen LogP contribution is 2.27. The van der Waals surface area contributed by atoms with Gasteiger partial charge in [0, 0.05) is 12.2 Å². The van der Waals surface area contributed by atoms with Crippen LogP contribution in [0.1, 0.15) is 18.9 Å². The van der Waals surface area contributed by atoms with Crippen molar-refractivity contribution in [3.05, 3.63) is 60.2 Å². The first-order chi connectivity index (χ1) is 12.1. The number of hydrogen-bond donors (Lipinski definition) is 1. The molecule has 0 radical (unpaired) electrons. The molecule has 0 unspecified atom stereocenters. The Hall–Kier alpha value is -2.82. The Kier molecular flexibility index (Phi) is 5.33. The number of carbonyl (C=O) groups is 2. The number of nitrogens with one attached hydrogen (secondary N) is 1. The molecule has 0 fully saturated rings. The van der Waals surface area contributed by atoms with Gasteiger partial charge in [-0.3, -0.25) is 9.59 Å². The van der Waals surface area contributed by atoms with Crippen LogP contribution >= 0.6 is 0 Å². The second-order valence-electron chi connectivity index (χ2n) is 6.07. The van der Waals surface area contributed by atoms with Crippen molar-refractivity contribution in [2.45, 2.75) is 25.8 Å². The van der Waals surface area contributed by atoms with Crippen LogP contribution in [0, 0.1) is 0 Å². The number of ether oxygens (including phenoxy) is 1. The Labute approximate surface area is 147 Å². The molecule has 2 amide bonds. The molecule has 0 bridgehead atoms. The molecule has 1 heterocycles. The summed E-state index contributed by atoms with van der Waals surface area (Å²) in [5, 5.41) is 2.76. The number of anilines is 1. The molecule has 0 aromatic heterocycles. The van der Waals surface area contributed by atoms with E-state index in [0.29, 0.717) is 6.54 Å². The normalized spacial score (nSPS) is 13.9. The van der Waals surface area contributed by atoms with E-state index in [0.717, 1.165) is 17.9 Å². The fraction of sp³-hybridized carbons (Fsp3) is 0.300. The molecule has 3 rings (SSSR count). The maximum atomic E-state index is 12.6. The monoisotopic (exact) mass is 338 g/mol. The number of fused-ring (bicyclic) bond motifs is 1. The minimum Gasteiger partial charge on any atom is -0.493 e. The zero-order valence-electron chi connectivity index (χ0n) is 14.3. The zero-order valence-corrected chi connectivity index (χ0v) is 14.3.